The number of pyridine rings is 1. The molecule has 3 aromatic rings. The van der Waals surface area contributed by atoms with Gasteiger partial charge in [0.15, 0.2) is 5.78 Å². The quantitative estimate of drug-likeness (QED) is 0.750. The smallest absolute Gasteiger partial charge is 0.161 e. The lowest BCUT2D eigenvalue weighted by atomic mass is 10.1. The lowest BCUT2D eigenvalue weighted by molar-refractivity contribution is 0.101. The summed E-state index contributed by atoms with van der Waals surface area (Å²) in [7, 11) is 0. The summed E-state index contributed by atoms with van der Waals surface area (Å²) in [5.74, 6) is -0.00799. The average molecular weight is 280 g/mol. The van der Waals surface area contributed by atoms with Crippen LogP contribution >= 0.6 is 0 Å². The molecule has 0 fully saturated rings. The van der Waals surface area contributed by atoms with Gasteiger partial charge < -0.3 is 9.51 Å². The molecular weight excluding hydrogens is 264 g/mol. The minimum atomic E-state index is -0.133. The van der Waals surface area contributed by atoms with Crippen molar-refractivity contribution in [3.63, 3.8) is 0 Å². The van der Waals surface area contributed by atoms with Crippen LogP contribution in [0, 0.1) is 6.92 Å². The highest BCUT2D eigenvalue weighted by Gasteiger charge is 2.14. The van der Waals surface area contributed by atoms with Crippen LogP contribution in [0.1, 0.15) is 28.5 Å². The molecule has 4 nitrogen and oxygen atoms in total. The molecule has 0 amide bonds. The normalized spacial score (nSPS) is 11.0. The van der Waals surface area contributed by atoms with E-state index in [9.17, 15) is 9.90 Å². The molecule has 0 aliphatic rings. The van der Waals surface area contributed by atoms with E-state index in [0.29, 0.717) is 11.3 Å². The van der Waals surface area contributed by atoms with E-state index in [1.54, 1.807) is 22.7 Å². The van der Waals surface area contributed by atoms with Crippen molar-refractivity contribution >= 4 is 11.4 Å². The Morgan fingerprint density at radius 3 is 2.52 bits per heavy atom. The Morgan fingerprint density at radius 1 is 1.19 bits per heavy atom. The predicted octanol–water partition coefficient (Wildman–Crippen LogP) is 3.00. The van der Waals surface area contributed by atoms with Crippen molar-refractivity contribution in [1.82, 2.24) is 9.38 Å². The second kappa shape index (κ2) is 5.14. The van der Waals surface area contributed by atoms with Gasteiger partial charge in [-0.25, -0.2) is 4.98 Å². The zero-order chi connectivity index (χ0) is 15.0. The number of fused-ring (bicyclic) bond motifs is 1. The predicted molar refractivity (Wildman–Crippen MR) is 81.3 cm³/mol. The monoisotopic (exact) mass is 280 g/mol. The molecule has 1 N–H and O–H groups in total. The summed E-state index contributed by atoms with van der Waals surface area (Å²) in [4.78, 5) is 16.1. The molecule has 21 heavy (non-hydrogen) atoms. The molecule has 1 aromatic carbocycles. The van der Waals surface area contributed by atoms with Crippen LogP contribution in [-0.4, -0.2) is 20.3 Å². The molecule has 2 aromatic heterocycles. The number of aryl methyl sites for hydroxylation is 1. The van der Waals surface area contributed by atoms with E-state index >= 15 is 0 Å². The fourth-order valence-corrected chi connectivity index (χ4v) is 2.40. The first-order valence-corrected chi connectivity index (χ1v) is 6.80. The standard InChI is InChI=1S/C17H16N2O2/c1-11-3-5-13(6-4-11)17-15(10-20)19-9-14(12(2)21)7-8-16(19)18-17/h3-9,20H,10H2,1-2H3. The summed E-state index contributed by atoms with van der Waals surface area (Å²) in [5.41, 5.74) is 4.89. The third-order valence-electron chi connectivity index (χ3n) is 3.60. The number of ketones is 1. The van der Waals surface area contributed by atoms with Crippen molar-refractivity contribution in [2.45, 2.75) is 20.5 Å². The Hall–Kier alpha value is -2.46. The maximum Gasteiger partial charge on any atom is 0.161 e. The maximum absolute atomic E-state index is 11.5. The van der Waals surface area contributed by atoms with Gasteiger partial charge in [0.05, 0.1) is 18.0 Å². The number of carbonyl (C=O) groups is 1. The average Bonchev–Trinajstić information content (AvgIpc) is 2.85. The molecule has 0 unspecified atom stereocenters. The molecular formula is C17H16N2O2. The third kappa shape index (κ3) is 2.34. The number of hydrogen-bond acceptors (Lipinski definition) is 3. The Kier molecular flexibility index (Phi) is 3.31. The Balaban J connectivity index is 2.23. The minimum Gasteiger partial charge on any atom is -0.390 e. The highest BCUT2D eigenvalue weighted by atomic mass is 16.3. The van der Waals surface area contributed by atoms with Crippen molar-refractivity contribution in [1.29, 1.82) is 0 Å². The molecule has 106 valence electrons. The van der Waals surface area contributed by atoms with Crippen LogP contribution in [0.5, 0.6) is 0 Å². The highest BCUT2D eigenvalue weighted by Crippen LogP contribution is 2.25. The summed E-state index contributed by atoms with van der Waals surface area (Å²) in [6.07, 6.45) is 1.73. The van der Waals surface area contributed by atoms with Crippen molar-refractivity contribution in [2.75, 3.05) is 0 Å². The molecule has 0 atom stereocenters. The number of benzene rings is 1. The molecule has 0 saturated heterocycles. The van der Waals surface area contributed by atoms with Crippen molar-refractivity contribution in [3.05, 3.63) is 59.4 Å². The Labute approximate surface area is 122 Å². The number of rotatable bonds is 3. The van der Waals surface area contributed by atoms with Gasteiger partial charge in [-0.3, -0.25) is 4.79 Å². The Bertz CT molecular complexity index is 817. The number of Topliss-reactive ketones (excluding diaryl/α,β-unsaturated/α-hetero) is 1. The minimum absolute atomic E-state index is 0.00799. The third-order valence-corrected chi connectivity index (χ3v) is 3.60. The summed E-state index contributed by atoms with van der Waals surface area (Å²) in [6, 6.07) is 11.6. The number of carbonyl (C=O) groups excluding carboxylic acids is 1. The first kappa shape index (κ1) is 13.5. The molecule has 0 aliphatic heterocycles. The maximum atomic E-state index is 11.5. The van der Waals surface area contributed by atoms with E-state index < -0.39 is 0 Å². The lowest BCUT2D eigenvalue weighted by Crippen LogP contribution is -1.99. The number of hydrogen-bond donors (Lipinski definition) is 1. The largest absolute Gasteiger partial charge is 0.390 e. The summed E-state index contributed by atoms with van der Waals surface area (Å²) in [5, 5.41) is 9.70. The van der Waals surface area contributed by atoms with Gasteiger partial charge in [0.1, 0.15) is 5.65 Å². The van der Waals surface area contributed by atoms with Crippen LogP contribution in [0.2, 0.25) is 0 Å². The second-order valence-corrected chi connectivity index (χ2v) is 5.13. The molecule has 0 spiro atoms. The van der Waals surface area contributed by atoms with Gasteiger partial charge in [0, 0.05) is 17.3 Å². The van der Waals surface area contributed by atoms with Gasteiger partial charge in [-0.05, 0) is 26.0 Å². The first-order valence-electron chi connectivity index (χ1n) is 6.80. The van der Waals surface area contributed by atoms with Crippen LogP contribution in [0.25, 0.3) is 16.9 Å². The first-order chi connectivity index (χ1) is 10.1. The number of aromatic nitrogens is 2. The van der Waals surface area contributed by atoms with Gasteiger partial charge in [0.25, 0.3) is 0 Å². The van der Waals surface area contributed by atoms with E-state index in [1.165, 1.54) is 12.5 Å². The number of imidazole rings is 1. The molecule has 0 saturated carbocycles. The van der Waals surface area contributed by atoms with Crippen LogP contribution < -0.4 is 0 Å². The van der Waals surface area contributed by atoms with E-state index in [-0.39, 0.29) is 12.4 Å². The van der Waals surface area contributed by atoms with Crippen LogP contribution in [0.15, 0.2) is 42.6 Å². The van der Waals surface area contributed by atoms with E-state index in [4.69, 9.17) is 0 Å². The Morgan fingerprint density at radius 2 is 1.90 bits per heavy atom. The molecule has 0 aliphatic carbocycles. The number of aliphatic hydroxyl groups is 1. The van der Waals surface area contributed by atoms with Crippen molar-refractivity contribution in [3.8, 4) is 11.3 Å². The van der Waals surface area contributed by atoms with Crippen LogP contribution in [-0.2, 0) is 6.61 Å². The van der Waals surface area contributed by atoms with Gasteiger partial charge >= 0.3 is 0 Å². The fraction of sp³-hybridized carbons (Fsp3) is 0.176. The zero-order valence-electron chi connectivity index (χ0n) is 12.0. The molecule has 4 heteroatoms. The SMILES string of the molecule is CC(=O)c1ccc2nc(-c3ccc(C)cc3)c(CO)n2c1. The van der Waals surface area contributed by atoms with Crippen molar-refractivity contribution < 1.29 is 9.90 Å². The highest BCUT2D eigenvalue weighted by molar-refractivity contribution is 5.94. The van der Waals surface area contributed by atoms with Gasteiger partial charge in [-0.2, -0.15) is 0 Å². The van der Waals surface area contributed by atoms with Gasteiger partial charge in [0.2, 0.25) is 0 Å². The van der Waals surface area contributed by atoms with E-state index in [2.05, 4.69) is 4.98 Å². The number of aliphatic hydroxyl groups excluding tert-OH is 1. The van der Waals surface area contributed by atoms with Crippen LogP contribution in [0.3, 0.4) is 0 Å². The summed E-state index contributed by atoms with van der Waals surface area (Å²) in [6.45, 7) is 3.42. The molecule has 0 radical (unpaired) electrons. The summed E-state index contributed by atoms with van der Waals surface area (Å²) >= 11 is 0. The molecule has 2 heterocycles. The van der Waals surface area contributed by atoms with E-state index in [0.717, 1.165) is 16.9 Å². The van der Waals surface area contributed by atoms with Gasteiger partial charge in [-0.15, -0.1) is 0 Å². The second-order valence-electron chi connectivity index (χ2n) is 5.13. The van der Waals surface area contributed by atoms with Crippen molar-refractivity contribution in [2.24, 2.45) is 0 Å². The number of nitrogens with zero attached hydrogens (tertiary/aromatic N) is 2. The van der Waals surface area contributed by atoms with E-state index in [1.807, 2.05) is 31.2 Å². The topological polar surface area (TPSA) is 54.6 Å². The van der Waals surface area contributed by atoms with Gasteiger partial charge in [-0.1, -0.05) is 29.8 Å². The molecule has 0 bridgehead atoms. The van der Waals surface area contributed by atoms with Crippen LogP contribution in [0.4, 0.5) is 0 Å². The summed E-state index contributed by atoms with van der Waals surface area (Å²) < 4.78 is 1.78. The molecule has 3 rings (SSSR count). The lowest BCUT2D eigenvalue weighted by Gasteiger charge is -2.03. The fourth-order valence-electron chi connectivity index (χ4n) is 2.40. The zero-order valence-corrected chi connectivity index (χ0v) is 12.0.